The van der Waals surface area contributed by atoms with Crippen molar-refractivity contribution in [1.29, 1.82) is 0 Å². The average molecular weight is 637 g/mol. The second-order valence-electron chi connectivity index (χ2n) is 16.7. The van der Waals surface area contributed by atoms with E-state index in [1.807, 2.05) is 6.92 Å². The van der Waals surface area contributed by atoms with E-state index >= 15 is 0 Å². The highest BCUT2D eigenvalue weighted by Crippen LogP contribution is 2.89. The van der Waals surface area contributed by atoms with Gasteiger partial charge < -0.3 is 35.0 Å². The molecular formula is C35H56O10. The topological polar surface area (TPSA) is 166 Å². The number of carboxylic acid groups (broad SMARTS) is 1. The first-order valence-corrected chi connectivity index (χ1v) is 17.2. The molecule has 0 aromatic heterocycles. The molecule has 45 heavy (non-hydrogen) atoms. The van der Waals surface area contributed by atoms with Crippen molar-refractivity contribution in [2.24, 2.45) is 50.7 Å². The van der Waals surface area contributed by atoms with Crippen LogP contribution < -0.4 is 0 Å². The second-order valence-corrected chi connectivity index (χ2v) is 16.7. The van der Waals surface area contributed by atoms with Crippen LogP contribution in [0.15, 0.2) is 12.2 Å². The van der Waals surface area contributed by atoms with Crippen LogP contribution in [0.2, 0.25) is 0 Å². The molecule has 6 N–H and O–H groups in total. The molecule has 5 saturated carbocycles. The zero-order chi connectivity index (χ0) is 32.9. The summed E-state index contributed by atoms with van der Waals surface area (Å²) in [4.78, 5) is 17.9. The minimum atomic E-state index is -1.53. The molecule has 10 heteroatoms. The van der Waals surface area contributed by atoms with Gasteiger partial charge in [0.15, 0.2) is 6.29 Å². The number of carbonyl (C=O) groups is 1. The summed E-state index contributed by atoms with van der Waals surface area (Å²) in [5.41, 5.74) is -0.899. The van der Waals surface area contributed by atoms with Gasteiger partial charge in [-0.3, -0.25) is 10.1 Å². The van der Waals surface area contributed by atoms with Crippen LogP contribution >= 0.6 is 0 Å². The van der Waals surface area contributed by atoms with Crippen LogP contribution in [0.3, 0.4) is 0 Å². The number of hydrogen-bond donors (Lipinski definition) is 6. The normalized spacial score (nSPS) is 53.3. The first-order valence-electron chi connectivity index (χ1n) is 17.2. The maximum atomic E-state index is 13.2. The Balaban J connectivity index is 1.25. The molecule has 0 amide bonds. The van der Waals surface area contributed by atoms with Gasteiger partial charge in [0.25, 0.3) is 0 Å². The van der Waals surface area contributed by atoms with Gasteiger partial charge >= 0.3 is 5.97 Å². The standard InChI is InChI=1S/C35H56O10/c1-18(2)22(45-42)8-7-19(3)20-11-12-32(5)23-9-10-24-33(6,30(40)41)26(44-29-28(39)27(38)21(36)16-43-29)15-25(37)35(24)17-34(23,35)14-13-31(20,32)4/h19-29,36-39,42H,1,7-17H2,2-6H3,(H,40,41). The van der Waals surface area contributed by atoms with Gasteiger partial charge in [-0.15, -0.1) is 0 Å². The molecule has 0 bridgehead atoms. The Hall–Kier alpha value is -1.11. The molecular weight excluding hydrogens is 580 g/mol. The van der Waals surface area contributed by atoms with Gasteiger partial charge in [-0.2, -0.15) is 0 Å². The fraction of sp³-hybridized carbons (Fsp3) is 0.914. The molecule has 0 radical (unpaired) electrons. The lowest BCUT2D eigenvalue weighted by Crippen LogP contribution is -2.65. The van der Waals surface area contributed by atoms with Gasteiger partial charge in [0.2, 0.25) is 0 Å². The number of fused-ring (bicyclic) bond motifs is 2. The van der Waals surface area contributed by atoms with Gasteiger partial charge in [0.1, 0.15) is 24.4 Å². The largest absolute Gasteiger partial charge is 0.481 e. The molecule has 0 aromatic rings. The van der Waals surface area contributed by atoms with Crippen LogP contribution in [0.25, 0.3) is 0 Å². The quantitative estimate of drug-likeness (QED) is 0.0938. The summed E-state index contributed by atoms with van der Waals surface area (Å²) in [6.07, 6.45) is 0.937. The molecule has 1 aliphatic heterocycles. The summed E-state index contributed by atoms with van der Waals surface area (Å²) in [5.74, 6) is 0.109. The van der Waals surface area contributed by atoms with E-state index in [0.29, 0.717) is 24.2 Å². The fourth-order valence-electron chi connectivity index (χ4n) is 12.6. The highest BCUT2D eigenvalue weighted by Gasteiger charge is 2.86. The van der Waals surface area contributed by atoms with Crippen molar-refractivity contribution < 1.29 is 49.9 Å². The Bertz CT molecular complexity index is 1180. The number of aliphatic hydroxyl groups is 4. The maximum Gasteiger partial charge on any atom is 0.312 e. The Morgan fingerprint density at radius 1 is 0.978 bits per heavy atom. The third-order valence-electron chi connectivity index (χ3n) is 15.3. The van der Waals surface area contributed by atoms with Gasteiger partial charge in [0.05, 0.1) is 24.2 Å². The highest BCUT2D eigenvalue weighted by atomic mass is 17.1. The number of ether oxygens (including phenoxy) is 2. The van der Waals surface area contributed by atoms with Gasteiger partial charge in [0, 0.05) is 11.8 Å². The smallest absolute Gasteiger partial charge is 0.312 e. The Labute approximate surface area is 267 Å². The van der Waals surface area contributed by atoms with E-state index in [-0.39, 0.29) is 41.3 Å². The summed E-state index contributed by atoms with van der Waals surface area (Å²) in [6.45, 7) is 14.6. The van der Waals surface area contributed by atoms with E-state index < -0.39 is 53.6 Å². The lowest BCUT2D eigenvalue weighted by molar-refractivity contribution is -0.309. The van der Waals surface area contributed by atoms with Crippen molar-refractivity contribution in [3.8, 4) is 0 Å². The molecule has 0 aromatic carbocycles. The SMILES string of the molecule is C=C(C)C(CCC(C)C1CCC2(C)C3CCC4C(C)(C(=O)O)C(OC5OCC(O)C(O)C5O)CC(O)C45CC35CCC12C)OO. The van der Waals surface area contributed by atoms with Crippen LogP contribution in [0, 0.1) is 50.7 Å². The predicted octanol–water partition coefficient (Wildman–Crippen LogP) is 4.14. The summed E-state index contributed by atoms with van der Waals surface area (Å²) in [7, 11) is 0. The molecule has 256 valence electrons. The number of aliphatic carboxylic acids is 1. The highest BCUT2D eigenvalue weighted by molar-refractivity contribution is 5.76. The Kier molecular flexibility index (Phi) is 8.42. The van der Waals surface area contributed by atoms with Gasteiger partial charge in [-0.1, -0.05) is 27.4 Å². The van der Waals surface area contributed by atoms with Gasteiger partial charge in [-0.25, -0.2) is 4.89 Å². The van der Waals surface area contributed by atoms with E-state index in [0.717, 1.165) is 56.9 Å². The monoisotopic (exact) mass is 636 g/mol. The molecule has 6 rings (SSSR count). The number of rotatable bonds is 9. The summed E-state index contributed by atoms with van der Waals surface area (Å²) >= 11 is 0. The molecule has 16 atom stereocenters. The van der Waals surface area contributed by atoms with Crippen molar-refractivity contribution in [2.75, 3.05) is 6.61 Å². The van der Waals surface area contributed by atoms with Crippen LogP contribution in [-0.2, 0) is 19.2 Å². The van der Waals surface area contributed by atoms with Crippen molar-refractivity contribution in [3.63, 3.8) is 0 Å². The molecule has 6 aliphatic rings. The van der Waals surface area contributed by atoms with Crippen LogP contribution in [0.1, 0.15) is 98.8 Å². The summed E-state index contributed by atoms with van der Waals surface area (Å²) in [5, 5.41) is 62.9. The molecule has 5 aliphatic carbocycles. The van der Waals surface area contributed by atoms with E-state index in [1.165, 1.54) is 0 Å². The number of carboxylic acids is 1. The zero-order valence-electron chi connectivity index (χ0n) is 27.7. The number of hydrogen-bond acceptors (Lipinski definition) is 9. The van der Waals surface area contributed by atoms with Gasteiger partial charge in [-0.05, 0) is 117 Å². The van der Waals surface area contributed by atoms with Crippen LogP contribution in [-0.4, -0.2) is 86.3 Å². The Morgan fingerprint density at radius 3 is 2.31 bits per heavy atom. The predicted molar refractivity (Wildman–Crippen MR) is 164 cm³/mol. The minimum Gasteiger partial charge on any atom is -0.481 e. The molecule has 6 fully saturated rings. The number of aliphatic hydroxyl groups excluding tert-OH is 4. The lowest BCUT2D eigenvalue weighted by Gasteiger charge is -2.64. The van der Waals surface area contributed by atoms with Crippen molar-refractivity contribution in [3.05, 3.63) is 12.2 Å². The van der Waals surface area contributed by atoms with E-state index in [9.17, 15) is 35.6 Å². The van der Waals surface area contributed by atoms with Crippen molar-refractivity contribution in [1.82, 2.24) is 0 Å². The first kappa shape index (κ1) is 33.8. The zero-order valence-corrected chi connectivity index (χ0v) is 27.7. The fourth-order valence-corrected chi connectivity index (χ4v) is 12.6. The first-order chi connectivity index (χ1) is 21.0. The van der Waals surface area contributed by atoms with E-state index in [1.54, 1.807) is 6.92 Å². The molecule has 1 heterocycles. The second kappa shape index (κ2) is 11.2. The van der Waals surface area contributed by atoms with E-state index in [2.05, 4.69) is 27.4 Å². The third-order valence-corrected chi connectivity index (χ3v) is 15.3. The maximum absolute atomic E-state index is 13.2. The molecule has 2 spiro atoms. The van der Waals surface area contributed by atoms with Crippen molar-refractivity contribution in [2.45, 2.75) is 142 Å². The minimum absolute atomic E-state index is 0.0730. The summed E-state index contributed by atoms with van der Waals surface area (Å²) in [6, 6.07) is 0. The van der Waals surface area contributed by atoms with Crippen molar-refractivity contribution >= 4 is 5.97 Å². The van der Waals surface area contributed by atoms with Crippen LogP contribution in [0.5, 0.6) is 0 Å². The van der Waals surface area contributed by atoms with Crippen LogP contribution in [0.4, 0.5) is 0 Å². The van der Waals surface area contributed by atoms with E-state index in [4.69, 9.17) is 14.4 Å². The average Bonchev–Trinajstić information content (AvgIpc) is 3.60. The molecule has 16 unspecified atom stereocenters. The third kappa shape index (κ3) is 4.45. The molecule has 10 nitrogen and oxygen atoms in total. The molecule has 1 saturated heterocycles. The lowest BCUT2D eigenvalue weighted by atomic mass is 9.41. The Morgan fingerprint density at radius 2 is 1.67 bits per heavy atom. The summed E-state index contributed by atoms with van der Waals surface area (Å²) < 4.78 is 11.7.